The fourth-order valence-electron chi connectivity index (χ4n) is 2.26. The molecular weight excluding hydrogens is 270 g/mol. The maximum absolute atomic E-state index is 10.8. The lowest BCUT2D eigenvalue weighted by molar-refractivity contribution is -0.149. The Morgan fingerprint density at radius 2 is 2.33 bits per heavy atom. The van der Waals surface area contributed by atoms with Crippen molar-refractivity contribution < 1.29 is 19.4 Å². The van der Waals surface area contributed by atoms with Crippen molar-refractivity contribution in [1.29, 1.82) is 0 Å². The Balaban J connectivity index is 1.83. The molecule has 0 aliphatic carbocycles. The molecule has 1 aromatic rings. The van der Waals surface area contributed by atoms with Crippen LogP contribution in [-0.2, 0) is 9.53 Å². The van der Waals surface area contributed by atoms with Gasteiger partial charge in [0.1, 0.15) is 5.75 Å². The minimum atomic E-state index is -0.874. The average Bonchev–Trinajstić information content (AvgIpc) is 2.94. The summed E-state index contributed by atoms with van der Waals surface area (Å²) in [5.74, 6) is -0.0356. The SMILES string of the molecule is CCC(C)Oc1cccc(NCC2CCC(C(=O)O)O2)c1. The second-order valence-electron chi connectivity index (χ2n) is 5.41. The van der Waals surface area contributed by atoms with Crippen LogP contribution in [0, 0.1) is 0 Å². The van der Waals surface area contributed by atoms with E-state index >= 15 is 0 Å². The number of aliphatic carboxylic acids is 1. The predicted octanol–water partition coefficient (Wildman–Crippen LogP) is 2.91. The van der Waals surface area contributed by atoms with E-state index in [1.165, 1.54) is 0 Å². The number of carboxylic acids is 1. The zero-order chi connectivity index (χ0) is 15.2. The lowest BCUT2D eigenvalue weighted by Gasteiger charge is -2.16. The molecule has 1 fully saturated rings. The van der Waals surface area contributed by atoms with Crippen LogP contribution in [0.2, 0.25) is 0 Å². The Kier molecular flexibility index (Phi) is 5.44. The molecule has 1 aliphatic rings. The summed E-state index contributed by atoms with van der Waals surface area (Å²) in [7, 11) is 0. The average molecular weight is 293 g/mol. The third-order valence-electron chi connectivity index (χ3n) is 3.66. The molecule has 1 saturated heterocycles. The van der Waals surface area contributed by atoms with E-state index in [1.807, 2.05) is 31.2 Å². The highest BCUT2D eigenvalue weighted by molar-refractivity contribution is 5.72. The van der Waals surface area contributed by atoms with Crippen molar-refractivity contribution in [2.75, 3.05) is 11.9 Å². The Bertz CT molecular complexity index is 477. The minimum absolute atomic E-state index is 0.0507. The van der Waals surface area contributed by atoms with Gasteiger partial charge in [0, 0.05) is 18.3 Å². The maximum Gasteiger partial charge on any atom is 0.332 e. The van der Waals surface area contributed by atoms with Gasteiger partial charge in [-0.25, -0.2) is 4.79 Å². The zero-order valence-corrected chi connectivity index (χ0v) is 12.5. The van der Waals surface area contributed by atoms with Gasteiger partial charge in [0.2, 0.25) is 0 Å². The highest BCUT2D eigenvalue weighted by Gasteiger charge is 2.30. The number of hydrogen-bond donors (Lipinski definition) is 2. The van der Waals surface area contributed by atoms with E-state index < -0.39 is 12.1 Å². The zero-order valence-electron chi connectivity index (χ0n) is 12.5. The van der Waals surface area contributed by atoms with Crippen molar-refractivity contribution in [2.45, 2.75) is 51.4 Å². The van der Waals surface area contributed by atoms with Gasteiger partial charge in [-0.05, 0) is 38.3 Å². The molecule has 0 saturated carbocycles. The fraction of sp³-hybridized carbons (Fsp3) is 0.562. The number of ether oxygens (including phenoxy) is 2. The first kappa shape index (κ1) is 15.6. The maximum atomic E-state index is 10.8. The minimum Gasteiger partial charge on any atom is -0.491 e. The molecule has 2 N–H and O–H groups in total. The highest BCUT2D eigenvalue weighted by atomic mass is 16.5. The molecule has 0 spiro atoms. The third-order valence-corrected chi connectivity index (χ3v) is 3.66. The Hall–Kier alpha value is -1.75. The Morgan fingerprint density at radius 3 is 3.00 bits per heavy atom. The summed E-state index contributed by atoms with van der Waals surface area (Å²) in [6, 6.07) is 7.79. The molecular formula is C16H23NO4. The van der Waals surface area contributed by atoms with Crippen LogP contribution in [-0.4, -0.2) is 35.9 Å². The predicted molar refractivity (Wildman–Crippen MR) is 80.8 cm³/mol. The van der Waals surface area contributed by atoms with Gasteiger partial charge in [-0.1, -0.05) is 13.0 Å². The first-order valence-electron chi connectivity index (χ1n) is 7.47. The standard InChI is InChI=1S/C16H23NO4/c1-3-11(2)20-13-6-4-5-12(9-13)17-10-14-7-8-15(21-14)16(18)19/h4-6,9,11,14-15,17H,3,7-8,10H2,1-2H3,(H,18,19). The summed E-state index contributed by atoms with van der Waals surface area (Å²) < 4.78 is 11.2. The first-order chi connectivity index (χ1) is 10.1. The second-order valence-corrected chi connectivity index (χ2v) is 5.41. The van der Waals surface area contributed by atoms with E-state index in [9.17, 15) is 4.79 Å². The topological polar surface area (TPSA) is 67.8 Å². The van der Waals surface area contributed by atoms with Crippen molar-refractivity contribution in [3.8, 4) is 5.75 Å². The third kappa shape index (κ3) is 4.63. The molecule has 3 atom stereocenters. The first-order valence-corrected chi connectivity index (χ1v) is 7.47. The van der Waals surface area contributed by atoms with Gasteiger partial charge in [-0.2, -0.15) is 0 Å². The van der Waals surface area contributed by atoms with E-state index in [1.54, 1.807) is 0 Å². The van der Waals surface area contributed by atoms with Crippen molar-refractivity contribution in [3.63, 3.8) is 0 Å². The Morgan fingerprint density at radius 1 is 1.52 bits per heavy atom. The Labute approximate surface area is 125 Å². The van der Waals surface area contributed by atoms with Gasteiger partial charge in [-0.15, -0.1) is 0 Å². The summed E-state index contributed by atoms with van der Waals surface area (Å²) in [5, 5.41) is 12.2. The summed E-state index contributed by atoms with van der Waals surface area (Å²) in [6.45, 7) is 4.73. The molecule has 3 unspecified atom stereocenters. The van der Waals surface area contributed by atoms with Crippen molar-refractivity contribution in [2.24, 2.45) is 0 Å². The van der Waals surface area contributed by atoms with Crippen molar-refractivity contribution in [3.05, 3.63) is 24.3 Å². The van der Waals surface area contributed by atoms with E-state index in [0.717, 1.165) is 24.3 Å². The number of hydrogen-bond acceptors (Lipinski definition) is 4. The molecule has 116 valence electrons. The highest BCUT2D eigenvalue weighted by Crippen LogP contribution is 2.22. The van der Waals surface area contributed by atoms with Crippen LogP contribution < -0.4 is 10.1 Å². The number of rotatable bonds is 7. The molecule has 0 amide bonds. The number of carboxylic acid groups (broad SMARTS) is 1. The second kappa shape index (κ2) is 7.31. The monoisotopic (exact) mass is 293 g/mol. The van der Waals surface area contributed by atoms with Gasteiger partial charge in [0.25, 0.3) is 0 Å². The van der Waals surface area contributed by atoms with Gasteiger partial charge >= 0.3 is 5.97 Å². The molecule has 1 aliphatic heterocycles. The molecule has 0 radical (unpaired) electrons. The summed E-state index contributed by atoms with van der Waals surface area (Å²) in [6.07, 6.45) is 1.80. The fourth-order valence-corrected chi connectivity index (χ4v) is 2.26. The van der Waals surface area contributed by atoms with Gasteiger partial charge in [0.05, 0.1) is 12.2 Å². The number of benzene rings is 1. The normalized spacial score (nSPS) is 22.8. The molecule has 5 heteroatoms. The molecule has 5 nitrogen and oxygen atoms in total. The van der Waals surface area contributed by atoms with Crippen LogP contribution in [0.4, 0.5) is 5.69 Å². The van der Waals surface area contributed by atoms with Crippen molar-refractivity contribution in [1.82, 2.24) is 0 Å². The van der Waals surface area contributed by atoms with E-state index in [2.05, 4.69) is 12.2 Å². The number of carbonyl (C=O) groups is 1. The van der Waals surface area contributed by atoms with E-state index in [4.69, 9.17) is 14.6 Å². The molecule has 21 heavy (non-hydrogen) atoms. The van der Waals surface area contributed by atoms with Crippen LogP contribution >= 0.6 is 0 Å². The molecule has 1 aromatic carbocycles. The van der Waals surface area contributed by atoms with Crippen LogP contribution in [0.3, 0.4) is 0 Å². The smallest absolute Gasteiger partial charge is 0.332 e. The molecule has 2 rings (SSSR count). The number of nitrogens with one attached hydrogen (secondary N) is 1. The van der Waals surface area contributed by atoms with Crippen LogP contribution in [0.15, 0.2) is 24.3 Å². The van der Waals surface area contributed by atoms with Crippen LogP contribution in [0.5, 0.6) is 5.75 Å². The summed E-state index contributed by atoms with van der Waals surface area (Å²) in [5.41, 5.74) is 0.957. The van der Waals surface area contributed by atoms with Gasteiger partial charge in [0.15, 0.2) is 6.10 Å². The van der Waals surface area contributed by atoms with Crippen molar-refractivity contribution >= 4 is 11.7 Å². The molecule has 0 aromatic heterocycles. The largest absolute Gasteiger partial charge is 0.491 e. The van der Waals surface area contributed by atoms with Gasteiger partial charge in [-0.3, -0.25) is 0 Å². The molecule has 0 bridgehead atoms. The van der Waals surface area contributed by atoms with Crippen LogP contribution in [0.25, 0.3) is 0 Å². The van der Waals surface area contributed by atoms with E-state index in [-0.39, 0.29) is 12.2 Å². The quantitative estimate of drug-likeness (QED) is 0.809. The van der Waals surface area contributed by atoms with Crippen LogP contribution in [0.1, 0.15) is 33.1 Å². The van der Waals surface area contributed by atoms with Gasteiger partial charge < -0.3 is 19.9 Å². The summed E-state index contributed by atoms with van der Waals surface area (Å²) >= 11 is 0. The lowest BCUT2D eigenvalue weighted by atomic mass is 10.2. The van der Waals surface area contributed by atoms with E-state index in [0.29, 0.717) is 13.0 Å². The number of anilines is 1. The molecule has 1 heterocycles. The lowest BCUT2D eigenvalue weighted by Crippen LogP contribution is -2.24. The summed E-state index contributed by atoms with van der Waals surface area (Å²) in [4.78, 5) is 10.8.